The lowest BCUT2D eigenvalue weighted by atomic mass is 9.96. The summed E-state index contributed by atoms with van der Waals surface area (Å²) in [7, 11) is 0. The molecule has 2 aromatic heterocycles. The maximum atomic E-state index is 12.6. The van der Waals surface area contributed by atoms with Gasteiger partial charge >= 0.3 is 0 Å². The maximum absolute atomic E-state index is 12.6. The first-order valence-electron chi connectivity index (χ1n) is 9.38. The monoisotopic (exact) mass is 411 g/mol. The van der Waals surface area contributed by atoms with Crippen molar-refractivity contribution in [2.75, 3.05) is 18.8 Å². The lowest BCUT2D eigenvalue weighted by Gasteiger charge is -2.30. The number of amides is 2. The zero-order valence-electron chi connectivity index (χ0n) is 15.7. The summed E-state index contributed by atoms with van der Waals surface area (Å²) in [6.07, 6.45) is 2.83. The van der Waals surface area contributed by atoms with Crippen LogP contribution in [0.4, 0.5) is 0 Å². The lowest BCUT2D eigenvalue weighted by molar-refractivity contribution is -0.132. The highest BCUT2D eigenvalue weighted by Crippen LogP contribution is 2.28. The van der Waals surface area contributed by atoms with Gasteiger partial charge < -0.3 is 15.1 Å². The summed E-state index contributed by atoms with van der Waals surface area (Å²) < 4.78 is 7.38. The summed E-state index contributed by atoms with van der Waals surface area (Å²) >= 11 is 1.33. The zero-order valence-corrected chi connectivity index (χ0v) is 16.5. The lowest BCUT2D eigenvalue weighted by Crippen LogP contribution is -2.42. The van der Waals surface area contributed by atoms with Crippen molar-refractivity contribution in [2.45, 2.75) is 18.0 Å². The number of hydrogen-bond acceptors (Lipinski definition) is 6. The Labute approximate surface area is 172 Å². The fourth-order valence-electron chi connectivity index (χ4n) is 3.37. The SMILES string of the molecule is NC(=O)C1CCN(C(=O)CSc2nnc(-c3ccco3)n2-c2ccccc2)CC1. The van der Waals surface area contributed by atoms with Crippen LogP contribution in [-0.4, -0.2) is 50.3 Å². The third-order valence-electron chi connectivity index (χ3n) is 4.96. The topological polar surface area (TPSA) is 107 Å². The molecule has 0 radical (unpaired) electrons. The highest BCUT2D eigenvalue weighted by atomic mass is 32.2. The van der Waals surface area contributed by atoms with E-state index in [2.05, 4.69) is 10.2 Å². The van der Waals surface area contributed by atoms with E-state index in [-0.39, 0.29) is 23.5 Å². The molecule has 1 fully saturated rings. The Morgan fingerprint density at radius 2 is 1.86 bits per heavy atom. The second-order valence-corrected chi connectivity index (χ2v) is 7.74. The van der Waals surface area contributed by atoms with Gasteiger partial charge in [0.2, 0.25) is 17.6 Å². The number of furan rings is 1. The van der Waals surface area contributed by atoms with Crippen molar-refractivity contribution in [3.8, 4) is 17.3 Å². The Morgan fingerprint density at radius 3 is 2.52 bits per heavy atom. The average molecular weight is 411 g/mol. The molecule has 2 N–H and O–H groups in total. The van der Waals surface area contributed by atoms with Gasteiger partial charge in [0.1, 0.15) is 0 Å². The van der Waals surface area contributed by atoms with Crippen LogP contribution < -0.4 is 5.73 Å². The number of hydrogen-bond donors (Lipinski definition) is 1. The number of aromatic nitrogens is 3. The predicted octanol–water partition coefficient (Wildman–Crippen LogP) is 2.34. The Bertz CT molecular complexity index is 979. The van der Waals surface area contributed by atoms with E-state index in [1.165, 1.54) is 11.8 Å². The Hall–Kier alpha value is -3.07. The smallest absolute Gasteiger partial charge is 0.233 e. The summed E-state index contributed by atoms with van der Waals surface area (Å²) in [5.74, 6) is 1.02. The quantitative estimate of drug-likeness (QED) is 0.624. The van der Waals surface area contributed by atoms with Gasteiger partial charge in [0, 0.05) is 24.7 Å². The van der Waals surface area contributed by atoms with Crippen molar-refractivity contribution in [1.29, 1.82) is 0 Å². The van der Waals surface area contributed by atoms with E-state index in [1.807, 2.05) is 41.0 Å². The van der Waals surface area contributed by atoms with E-state index in [1.54, 1.807) is 17.2 Å². The van der Waals surface area contributed by atoms with Crippen molar-refractivity contribution >= 4 is 23.6 Å². The van der Waals surface area contributed by atoms with Crippen LogP contribution in [-0.2, 0) is 9.59 Å². The van der Waals surface area contributed by atoms with E-state index in [0.717, 1.165) is 5.69 Å². The van der Waals surface area contributed by atoms with Crippen molar-refractivity contribution in [2.24, 2.45) is 11.7 Å². The fourth-order valence-corrected chi connectivity index (χ4v) is 4.22. The molecule has 150 valence electrons. The molecule has 0 atom stereocenters. The number of primary amides is 1. The van der Waals surface area contributed by atoms with Gasteiger partial charge in [-0.15, -0.1) is 10.2 Å². The summed E-state index contributed by atoms with van der Waals surface area (Å²) in [6.45, 7) is 1.10. The molecule has 1 aromatic carbocycles. The molecule has 8 nitrogen and oxygen atoms in total. The largest absolute Gasteiger partial charge is 0.461 e. The highest BCUT2D eigenvalue weighted by molar-refractivity contribution is 7.99. The van der Waals surface area contributed by atoms with Gasteiger partial charge in [0.05, 0.1) is 12.0 Å². The van der Waals surface area contributed by atoms with Crippen LogP contribution in [0, 0.1) is 5.92 Å². The van der Waals surface area contributed by atoms with Gasteiger partial charge in [-0.05, 0) is 37.1 Å². The molecule has 0 saturated carbocycles. The normalized spacial score (nSPS) is 14.8. The minimum atomic E-state index is -0.284. The van der Waals surface area contributed by atoms with Gasteiger partial charge in [-0.2, -0.15) is 0 Å². The van der Waals surface area contributed by atoms with Crippen LogP contribution in [0.1, 0.15) is 12.8 Å². The van der Waals surface area contributed by atoms with Crippen molar-refractivity contribution in [3.05, 3.63) is 48.7 Å². The molecule has 0 bridgehead atoms. The molecule has 1 aliphatic rings. The molecule has 29 heavy (non-hydrogen) atoms. The molecule has 9 heteroatoms. The van der Waals surface area contributed by atoms with E-state index >= 15 is 0 Å². The van der Waals surface area contributed by atoms with Crippen LogP contribution in [0.25, 0.3) is 17.3 Å². The zero-order chi connectivity index (χ0) is 20.2. The van der Waals surface area contributed by atoms with E-state index < -0.39 is 0 Å². The number of thioether (sulfide) groups is 1. The predicted molar refractivity (Wildman–Crippen MR) is 108 cm³/mol. The van der Waals surface area contributed by atoms with Crippen LogP contribution in [0.5, 0.6) is 0 Å². The minimum absolute atomic E-state index is 0.0140. The number of benzene rings is 1. The first-order chi connectivity index (χ1) is 14.1. The third-order valence-corrected chi connectivity index (χ3v) is 5.88. The number of nitrogens with two attached hydrogens (primary N) is 1. The van der Waals surface area contributed by atoms with Crippen LogP contribution >= 0.6 is 11.8 Å². The standard InChI is InChI=1S/C20H21N5O3S/c21-18(27)14-8-10-24(11-9-14)17(26)13-29-20-23-22-19(16-7-4-12-28-16)25(20)15-5-2-1-3-6-15/h1-7,12,14H,8-11,13H2,(H2,21,27). The molecule has 0 aliphatic carbocycles. The van der Waals surface area contributed by atoms with E-state index in [9.17, 15) is 9.59 Å². The number of para-hydroxylation sites is 1. The molecule has 2 amide bonds. The molecule has 3 aromatic rings. The minimum Gasteiger partial charge on any atom is -0.461 e. The maximum Gasteiger partial charge on any atom is 0.233 e. The average Bonchev–Trinajstić information content (AvgIpc) is 3.42. The van der Waals surface area contributed by atoms with Gasteiger partial charge in [-0.25, -0.2) is 0 Å². The van der Waals surface area contributed by atoms with Crippen molar-refractivity contribution < 1.29 is 14.0 Å². The second-order valence-electron chi connectivity index (χ2n) is 6.80. The number of piperidine rings is 1. The van der Waals surface area contributed by atoms with E-state index in [0.29, 0.717) is 42.7 Å². The highest BCUT2D eigenvalue weighted by Gasteiger charge is 2.26. The molecular formula is C20H21N5O3S. The van der Waals surface area contributed by atoms with Gasteiger partial charge in [0.25, 0.3) is 0 Å². The van der Waals surface area contributed by atoms with Crippen LogP contribution in [0.2, 0.25) is 0 Å². The Morgan fingerprint density at radius 1 is 1.10 bits per heavy atom. The summed E-state index contributed by atoms with van der Waals surface area (Å²) in [5.41, 5.74) is 6.26. The first kappa shape index (κ1) is 19.3. The third kappa shape index (κ3) is 4.19. The summed E-state index contributed by atoms with van der Waals surface area (Å²) in [6, 6.07) is 13.3. The molecule has 4 rings (SSSR count). The number of carbonyl (C=O) groups excluding carboxylic acids is 2. The second kappa shape index (κ2) is 8.52. The molecule has 3 heterocycles. The number of nitrogens with zero attached hydrogens (tertiary/aromatic N) is 4. The summed E-state index contributed by atoms with van der Waals surface area (Å²) in [5, 5.41) is 9.18. The van der Waals surface area contributed by atoms with Crippen LogP contribution in [0.3, 0.4) is 0 Å². The van der Waals surface area contributed by atoms with E-state index in [4.69, 9.17) is 10.2 Å². The molecular weight excluding hydrogens is 390 g/mol. The molecule has 1 aliphatic heterocycles. The molecule has 0 unspecified atom stereocenters. The molecule has 0 spiro atoms. The van der Waals surface area contributed by atoms with Crippen molar-refractivity contribution in [3.63, 3.8) is 0 Å². The number of likely N-dealkylation sites (tertiary alicyclic amines) is 1. The van der Waals surface area contributed by atoms with Gasteiger partial charge in [0.15, 0.2) is 10.9 Å². The van der Waals surface area contributed by atoms with Crippen LogP contribution in [0.15, 0.2) is 58.3 Å². The summed E-state index contributed by atoms with van der Waals surface area (Å²) in [4.78, 5) is 25.7. The Kier molecular flexibility index (Phi) is 5.66. The van der Waals surface area contributed by atoms with Gasteiger partial charge in [-0.3, -0.25) is 14.2 Å². The Balaban J connectivity index is 1.49. The van der Waals surface area contributed by atoms with Crippen molar-refractivity contribution in [1.82, 2.24) is 19.7 Å². The molecule has 1 saturated heterocycles. The number of carbonyl (C=O) groups is 2. The fraction of sp³-hybridized carbons (Fsp3) is 0.300. The first-order valence-corrected chi connectivity index (χ1v) is 10.4. The van der Waals surface area contributed by atoms with Gasteiger partial charge in [-0.1, -0.05) is 30.0 Å². The number of rotatable bonds is 6.